The summed E-state index contributed by atoms with van der Waals surface area (Å²) in [6, 6.07) is 0.160. The van der Waals surface area contributed by atoms with E-state index in [0.29, 0.717) is 0 Å². The second kappa shape index (κ2) is 3.75. The molecule has 1 aliphatic rings. The van der Waals surface area contributed by atoms with E-state index in [1.54, 1.807) is 0 Å². The van der Waals surface area contributed by atoms with E-state index in [1.165, 1.54) is 19.1 Å². The van der Waals surface area contributed by atoms with Crippen LogP contribution in [0, 0.1) is 5.92 Å². The zero-order chi connectivity index (χ0) is 9.19. The molecule has 0 bridgehead atoms. The molecule has 12 heavy (non-hydrogen) atoms. The van der Waals surface area contributed by atoms with Gasteiger partial charge in [-0.2, -0.15) is 0 Å². The van der Waals surface area contributed by atoms with Gasteiger partial charge in [0, 0.05) is 12.3 Å². The number of hydrogen-bond donors (Lipinski definition) is 1. The highest BCUT2D eigenvalue weighted by atomic mass is 32.2. The lowest BCUT2D eigenvalue weighted by molar-refractivity contribution is 0.518. The number of rotatable bonds is 5. The standard InChI is InChI=1S/C8H17NO2S/c1-9-8(5-7-3-4-7)6-12(2,10)11/h7-9H,3-6H2,1-2H3. The van der Waals surface area contributed by atoms with Gasteiger partial charge in [0.2, 0.25) is 0 Å². The maximum atomic E-state index is 11.0. The molecule has 0 aromatic carbocycles. The smallest absolute Gasteiger partial charge is 0.148 e. The molecule has 0 heterocycles. The van der Waals surface area contributed by atoms with Gasteiger partial charge >= 0.3 is 0 Å². The van der Waals surface area contributed by atoms with Crippen molar-refractivity contribution >= 4 is 9.84 Å². The molecular formula is C8H17NO2S. The second-order valence-corrected chi connectivity index (χ2v) is 5.94. The number of hydrogen-bond acceptors (Lipinski definition) is 3. The van der Waals surface area contributed by atoms with Gasteiger partial charge in [0.1, 0.15) is 9.84 Å². The van der Waals surface area contributed by atoms with E-state index in [9.17, 15) is 8.42 Å². The Balaban J connectivity index is 2.33. The number of nitrogens with one attached hydrogen (secondary N) is 1. The van der Waals surface area contributed by atoms with E-state index in [1.807, 2.05) is 7.05 Å². The van der Waals surface area contributed by atoms with Gasteiger partial charge < -0.3 is 5.32 Å². The Bertz CT molecular complexity index is 231. The summed E-state index contributed by atoms with van der Waals surface area (Å²) in [6.45, 7) is 0. The van der Waals surface area contributed by atoms with Crippen LogP contribution in [-0.4, -0.2) is 33.5 Å². The molecule has 4 heteroatoms. The average Bonchev–Trinajstić information content (AvgIpc) is 2.67. The lowest BCUT2D eigenvalue weighted by Gasteiger charge is -2.13. The van der Waals surface area contributed by atoms with E-state index in [-0.39, 0.29) is 11.8 Å². The summed E-state index contributed by atoms with van der Waals surface area (Å²) in [7, 11) is -0.984. The van der Waals surface area contributed by atoms with Crippen LogP contribution in [0.5, 0.6) is 0 Å². The highest BCUT2D eigenvalue weighted by Crippen LogP contribution is 2.33. The maximum absolute atomic E-state index is 11.0. The molecule has 1 rings (SSSR count). The predicted octanol–water partition coefficient (Wildman–Crippen LogP) is 0.419. The van der Waals surface area contributed by atoms with Gasteiger partial charge in [-0.05, 0) is 19.4 Å². The minimum atomic E-state index is -2.82. The predicted molar refractivity (Wildman–Crippen MR) is 49.9 cm³/mol. The summed E-state index contributed by atoms with van der Waals surface area (Å²) in [6.07, 6.45) is 4.87. The van der Waals surface area contributed by atoms with Crippen molar-refractivity contribution in [2.24, 2.45) is 5.92 Å². The lowest BCUT2D eigenvalue weighted by atomic mass is 10.2. The molecule has 1 saturated carbocycles. The van der Waals surface area contributed by atoms with E-state index >= 15 is 0 Å². The summed E-state index contributed by atoms with van der Waals surface area (Å²) in [5.41, 5.74) is 0. The van der Waals surface area contributed by atoms with E-state index < -0.39 is 9.84 Å². The molecule has 1 aliphatic carbocycles. The second-order valence-electron chi connectivity index (χ2n) is 3.76. The summed E-state index contributed by atoms with van der Waals surface area (Å²) >= 11 is 0. The van der Waals surface area contributed by atoms with Crippen LogP contribution in [0.25, 0.3) is 0 Å². The van der Waals surface area contributed by atoms with Crippen LogP contribution in [0.2, 0.25) is 0 Å². The van der Waals surface area contributed by atoms with Crippen LogP contribution in [0.1, 0.15) is 19.3 Å². The van der Waals surface area contributed by atoms with Crippen molar-refractivity contribution in [3.63, 3.8) is 0 Å². The van der Waals surface area contributed by atoms with Gasteiger partial charge in [0.25, 0.3) is 0 Å². The first-order chi connectivity index (χ1) is 5.51. The topological polar surface area (TPSA) is 46.2 Å². The molecule has 0 saturated heterocycles. The van der Waals surface area contributed by atoms with Crippen molar-refractivity contribution in [2.45, 2.75) is 25.3 Å². The monoisotopic (exact) mass is 191 g/mol. The fourth-order valence-electron chi connectivity index (χ4n) is 1.39. The SMILES string of the molecule is CNC(CC1CC1)CS(C)(=O)=O. The van der Waals surface area contributed by atoms with Crippen LogP contribution >= 0.6 is 0 Å². The first-order valence-corrected chi connectivity index (χ1v) is 6.42. The number of sulfone groups is 1. The van der Waals surface area contributed by atoms with Crippen molar-refractivity contribution in [3.8, 4) is 0 Å². The molecule has 0 amide bonds. The van der Waals surface area contributed by atoms with Crippen molar-refractivity contribution in [1.82, 2.24) is 5.32 Å². The first kappa shape index (κ1) is 9.99. The van der Waals surface area contributed by atoms with Gasteiger partial charge in [-0.3, -0.25) is 0 Å². The third kappa shape index (κ3) is 4.07. The van der Waals surface area contributed by atoms with E-state index in [0.717, 1.165) is 12.3 Å². The van der Waals surface area contributed by atoms with Crippen LogP contribution in [-0.2, 0) is 9.84 Å². The molecule has 1 unspecified atom stereocenters. The quantitative estimate of drug-likeness (QED) is 0.685. The molecule has 1 fully saturated rings. The van der Waals surface area contributed by atoms with Gasteiger partial charge in [0.15, 0.2) is 0 Å². The third-order valence-corrected chi connectivity index (χ3v) is 3.23. The molecule has 0 spiro atoms. The highest BCUT2D eigenvalue weighted by molar-refractivity contribution is 7.90. The Kier molecular flexibility index (Phi) is 3.12. The van der Waals surface area contributed by atoms with Crippen LogP contribution in [0.4, 0.5) is 0 Å². The minimum absolute atomic E-state index is 0.160. The zero-order valence-electron chi connectivity index (χ0n) is 7.71. The lowest BCUT2D eigenvalue weighted by Crippen LogP contribution is -2.33. The molecular weight excluding hydrogens is 174 g/mol. The third-order valence-electron chi connectivity index (χ3n) is 2.23. The zero-order valence-corrected chi connectivity index (χ0v) is 8.52. The fraction of sp³-hybridized carbons (Fsp3) is 1.00. The Labute approximate surface area is 74.5 Å². The van der Waals surface area contributed by atoms with Crippen molar-refractivity contribution < 1.29 is 8.42 Å². The summed E-state index contributed by atoms with van der Waals surface area (Å²) in [4.78, 5) is 0. The molecule has 72 valence electrons. The molecule has 0 aromatic heterocycles. The van der Waals surface area contributed by atoms with Gasteiger partial charge in [-0.1, -0.05) is 12.8 Å². The summed E-state index contributed by atoms with van der Waals surface area (Å²) < 4.78 is 21.9. The molecule has 3 nitrogen and oxygen atoms in total. The Hall–Kier alpha value is -0.0900. The maximum Gasteiger partial charge on any atom is 0.148 e. The Morgan fingerprint density at radius 2 is 2.08 bits per heavy atom. The fourth-order valence-corrected chi connectivity index (χ4v) is 2.42. The van der Waals surface area contributed by atoms with Crippen LogP contribution in [0.3, 0.4) is 0 Å². The van der Waals surface area contributed by atoms with Crippen molar-refractivity contribution in [3.05, 3.63) is 0 Å². The largest absolute Gasteiger partial charge is 0.316 e. The van der Waals surface area contributed by atoms with Crippen molar-refractivity contribution in [1.29, 1.82) is 0 Å². The molecule has 1 atom stereocenters. The summed E-state index contributed by atoms with van der Waals surface area (Å²) in [5, 5.41) is 3.05. The van der Waals surface area contributed by atoms with Crippen LogP contribution in [0.15, 0.2) is 0 Å². The molecule has 0 aromatic rings. The molecule has 0 aliphatic heterocycles. The Morgan fingerprint density at radius 1 is 1.50 bits per heavy atom. The van der Waals surface area contributed by atoms with Gasteiger partial charge in [-0.25, -0.2) is 8.42 Å². The molecule has 0 radical (unpaired) electrons. The highest BCUT2D eigenvalue weighted by Gasteiger charge is 2.26. The van der Waals surface area contributed by atoms with Gasteiger partial charge in [-0.15, -0.1) is 0 Å². The van der Waals surface area contributed by atoms with Gasteiger partial charge in [0.05, 0.1) is 5.75 Å². The summed E-state index contributed by atoms with van der Waals surface area (Å²) in [5.74, 6) is 1.06. The Morgan fingerprint density at radius 3 is 2.42 bits per heavy atom. The average molecular weight is 191 g/mol. The minimum Gasteiger partial charge on any atom is -0.316 e. The molecule has 1 N–H and O–H groups in total. The van der Waals surface area contributed by atoms with Crippen LogP contribution < -0.4 is 5.32 Å². The first-order valence-electron chi connectivity index (χ1n) is 4.36. The van der Waals surface area contributed by atoms with E-state index in [2.05, 4.69) is 5.32 Å². The van der Waals surface area contributed by atoms with E-state index in [4.69, 9.17) is 0 Å². The normalized spacial score (nSPS) is 20.8. The van der Waals surface area contributed by atoms with Crippen molar-refractivity contribution in [2.75, 3.05) is 19.1 Å².